The summed E-state index contributed by atoms with van der Waals surface area (Å²) in [5.74, 6) is 0.158. The number of halogens is 1. The summed E-state index contributed by atoms with van der Waals surface area (Å²) in [6.07, 6.45) is 0. The molecule has 6 nitrogen and oxygen atoms in total. The van der Waals surface area contributed by atoms with E-state index in [2.05, 4.69) is 16.0 Å². The van der Waals surface area contributed by atoms with Crippen LogP contribution in [0.5, 0.6) is 5.75 Å². The second kappa shape index (κ2) is 5.90. The third-order valence-electron chi connectivity index (χ3n) is 2.75. The Morgan fingerprint density at radius 2 is 2.32 bits per heavy atom. The molecule has 0 radical (unpaired) electrons. The summed E-state index contributed by atoms with van der Waals surface area (Å²) in [7, 11) is 1.50. The van der Waals surface area contributed by atoms with Crippen LogP contribution in [0.2, 0.25) is 5.02 Å². The maximum absolute atomic E-state index is 12.0. The van der Waals surface area contributed by atoms with Gasteiger partial charge in [0.1, 0.15) is 11.8 Å². The minimum Gasteiger partial charge on any atom is -0.495 e. The number of hydrogen-bond donors (Lipinski definition) is 3. The molecule has 2 amide bonds. The van der Waals surface area contributed by atoms with E-state index in [-0.39, 0.29) is 24.9 Å². The molecule has 0 saturated carbocycles. The summed E-state index contributed by atoms with van der Waals surface area (Å²) in [4.78, 5) is 22.9. The topological polar surface area (TPSA) is 79.5 Å². The molecule has 1 saturated heterocycles. The van der Waals surface area contributed by atoms with Gasteiger partial charge in [0.2, 0.25) is 11.8 Å². The maximum Gasteiger partial charge on any atom is 0.243 e. The number of rotatable bonds is 3. The van der Waals surface area contributed by atoms with E-state index in [1.54, 1.807) is 18.2 Å². The molecule has 1 atom stereocenters. The van der Waals surface area contributed by atoms with Gasteiger partial charge in [0, 0.05) is 18.3 Å². The number of hydrogen-bond acceptors (Lipinski definition) is 4. The molecular formula is C12H14ClN3O3. The molecule has 0 aliphatic carbocycles. The molecule has 2 rings (SSSR count). The van der Waals surface area contributed by atoms with Crippen LogP contribution >= 0.6 is 11.6 Å². The van der Waals surface area contributed by atoms with E-state index in [9.17, 15) is 9.59 Å². The molecule has 1 aliphatic rings. The van der Waals surface area contributed by atoms with E-state index in [0.29, 0.717) is 16.5 Å². The number of piperazine rings is 1. The van der Waals surface area contributed by atoms with Gasteiger partial charge in [0.15, 0.2) is 0 Å². The number of nitrogens with one attached hydrogen (secondary N) is 3. The van der Waals surface area contributed by atoms with Crippen LogP contribution in [0.3, 0.4) is 0 Å². The van der Waals surface area contributed by atoms with Gasteiger partial charge in [-0.05, 0) is 12.1 Å². The Kier molecular flexibility index (Phi) is 4.24. The van der Waals surface area contributed by atoms with E-state index < -0.39 is 6.04 Å². The lowest BCUT2D eigenvalue weighted by Crippen LogP contribution is -2.56. The molecule has 1 fully saturated rings. The van der Waals surface area contributed by atoms with Crippen LogP contribution in [0.25, 0.3) is 0 Å². The van der Waals surface area contributed by atoms with E-state index in [1.807, 2.05) is 0 Å². The van der Waals surface area contributed by atoms with Crippen LogP contribution in [-0.4, -0.2) is 38.1 Å². The third-order valence-corrected chi connectivity index (χ3v) is 3.06. The first-order valence-electron chi connectivity index (χ1n) is 5.74. The van der Waals surface area contributed by atoms with Gasteiger partial charge in [-0.25, -0.2) is 0 Å². The molecule has 1 aromatic carbocycles. The van der Waals surface area contributed by atoms with Gasteiger partial charge >= 0.3 is 0 Å². The zero-order valence-electron chi connectivity index (χ0n) is 10.3. The average Bonchev–Trinajstić information content (AvgIpc) is 2.41. The number of benzene rings is 1. The quantitative estimate of drug-likeness (QED) is 0.749. The standard InChI is InChI=1S/C12H14ClN3O3/c1-19-10-4-7(2-3-8(10)13)16-12(18)9-5-15-11(17)6-14-9/h2-4,9,14H,5-6H2,1H3,(H,15,17)(H,16,18). The fourth-order valence-electron chi connectivity index (χ4n) is 1.72. The Hall–Kier alpha value is -1.79. The summed E-state index contributed by atoms with van der Waals surface area (Å²) in [6, 6.07) is 4.53. The summed E-state index contributed by atoms with van der Waals surface area (Å²) >= 11 is 5.90. The van der Waals surface area contributed by atoms with Crippen LogP contribution in [0.1, 0.15) is 0 Å². The van der Waals surface area contributed by atoms with Crippen molar-refractivity contribution in [2.75, 3.05) is 25.5 Å². The lowest BCUT2D eigenvalue weighted by atomic mass is 10.2. The predicted octanol–water partition coefficient (Wildman–Crippen LogP) is 0.375. The van der Waals surface area contributed by atoms with Crippen molar-refractivity contribution < 1.29 is 14.3 Å². The number of amides is 2. The highest BCUT2D eigenvalue weighted by Gasteiger charge is 2.23. The highest BCUT2D eigenvalue weighted by Crippen LogP contribution is 2.27. The Morgan fingerprint density at radius 1 is 1.53 bits per heavy atom. The summed E-state index contributed by atoms with van der Waals surface area (Å²) in [6.45, 7) is 0.414. The lowest BCUT2D eigenvalue weighted by Gasteiger charge is -2.23. The van der Waals surface area contributed by atoms with E-state index in [4.69, 9.17) is 16.3 Å². The van der Waals surface area contributed by atoms with E-state index >= 15 is 0 Å². The summed E-state index contributed by atoms with van der Waals surface area (Å²) in [5, 5.41) is 8.68. The molecule has 102 valence electrons. The normalized spacial score (nSPS) is 18.6. The molecule has 0 spiro atoms. The number of anilines is 1. The molecule has 19 heavy (non-hydrogen) atoms. The Bertz CT molecular complexity index is 497. The van der Waals surface area contributed by atoms with Crippen molar-refractivity contribution in [3.63, 3.8) is 0 Å². The molecule has 1 aliphatic heterocycles. The first-order chi connectivity index (χ1) is 9.10. The number of ether oxygens (including phenoxy) is 1. The molecule has 1 heterocycles. The van der Waals surface area contributed by atoms with Gasteiger partial charge in [-0.15, -0.1) is 0 Å². The smallest absolute Gasteiger partial charge is 0.243 e. The zero-order chi connectivity index (χ0) is 13.8. The fourth-order valence-corrected chi connectivity index (χ4v) is 1.91. The largest absolute Gasteiger partial charge is 0.495 e. The van der Waals surface area contributed by atoms with Gasteiger partial charge in [-0.3, -0.25) is 14.9 Å². The molecule has 3 N–H and O–H groups in total. The first kappa shape index (κ1) is 13.6. The number of methoxy groups -OCH3 is 1. The molecule has 0 aromatic heterocycles. The van der Waals surface area contributed by atoms with Crippen LogP contribution in [0, 0.1) is 0 Å². The van der Waals surface area contributed by atoms with Gasteiger partial charge in [0.25, 0.3) is 0 Å². The highest BCUT2D eigenvalue weighted by atomic mass is 35.5. The Morgan fingerprint density at radius 3 is 2.95 bits per heavy atom. The van der Waals surface area contributed by atoms with Crippen molar-refractivity contribution >= 4 is 29.1 Å². The first-order valence-corrected chi connectivity index (χ1v) is 6.12. The average molecular weight is 284 g/mol. The van der Waals surface area contributed by atoms with Crippen molar-refractivity contribution in [2.45, 2.75) is 6.04 Å². The van der Waals surface area contributed by atoms with Gasteiger partial charge in [-0.2, -0.15) is 0 Å². The SMILES string of the molecule is COc1cc(NC(=O)C2CNC(=O)CN2)ccc1Cl. The van der Waals surface area contributed by atoms with Crippen LogP contribution < -0.4 is 20.7 Å². The van der Waals surface area contributed by atoms with Gasteiger partial charge in [0.05, 0.1) is 18.7 Å². The Labute approximate surface area is 115 Å². The molecular weight excluding hydrogens is 270 g/mol. The third kappa shape index (κ3) is 3.36. The zero-order valence-corrected chi connectivity index (χ0v) is 11.1. The summed E-state index contributed by atoms with van der Waals surface area (Å²) < 4.78 is 5.07. The minimum absolute atomic E-state index is 0.114. The van der Waals surface area contributed by atoms with Crippen molar-refractivity contribution in [1.29, 1.82) is 0 Å². The van der Waals surface area contributed by atoms with E-state index in [0.717, 1.165) is 0 Å². The van der Waals surface area contributed by atoms with Crippen molar-refractivity contribution in [1.82, 2.24) is 10.6 Å². The van der Waals surface area contributed by atoms with Gasteiger partial charge in [-0.1, -0.05) is 11.6 Å². The Balaban J connectivity index is 2.00. The predicted molar refractivity (Wildman–Crippen MR) is 71.4 cm³/mol. The van der Waals surface area contributed by atoms with Gasteiger partial charge < -0.3 is 15.4 Å². The van der Waals surface area contributed by atoms with Crippen molar-refractivity contribution in [3.05, 3.63) is 23.2 Å². The number of carbonyl (C=O) groups excluding carboxylic acids is 2. The maximum atomic E-state index is 12.0. The van der Waals surface area contributed by atoms with Crippen LogP contribution in [-0.2, 0) is 9.59 Å². The van der Waals surface area contributed by atoms with E-state index in [1.165, 1.54) is 7.11 Å². The van der Waals surface area contributed by atoms with Crippen molar-refractivity contribution in [3.8, 4) is 5.75 Å². The monoisotopic (exact) mass is 283 g/mol. The lowest BCUT2D eigenvalue weighted by molar-refractivity contribution is -0.124. The highest BCUT2D eigenvalue weighted by molar-refractivity contribution is 6.32. The second-order valence-corrected chi connectivity index (χ2v) is 4.48. The number of carbonyl (C=O) groups is 2. The molecule has 1 aromatic rings. The molecule has 7 heteroatoms. The molecule has 1 unspecified atom stereocenters. The van der Waals surface area contributed by atoms with Crippen LogP contribution in [0.4, 0.5) is 5.69 Å². The minimum atomic E-state index is -0.445. The van der Waals surface area contributed by atoms with Crippen LogP contribution in [0.15, 0.2) is 18.2 Å². The summed E-state index contributed by atoms with van der Waals surface area (Å²) in [5.41, 5.74) is 0.588. The molecule has 0 bridgehead atoms. The fraction of sp³-hybridized carbons (Fsp3) is 0.333. The second-order valence-electron chi connectivity index (χ2n) is 4.08. The van der Waals surface area contributed by atoms with Crippen molar-refractivity contribution in [2.24, 2.45) is 0 Å².